The van der Waals surface area contributed by atoms with Gasteiger partial charge in [0.2, 0.25) is 0 Å². The van der Waals surface area contributed by atoms with Gasteiger partial charge >= 0.3 is 0 Å². The van der Waals surface area contributed by atoms with Crippen LogP contribution >= 0.6 is 23.1 Å². The maximum atomic E-state index is 10.6. The molecule has 2 aromatic rings. The molecule has 102 valence electrons. The van der Waals surface area contributed by atoms with Gasteiger partial charge in [-0.25, -0.2) is 0 Å². The van der Waals surface area contributed by atoms with E-state index in [1.807, 2.05) is 11.4 Å². The highest BCUT2D eigenvalue weighted by molar-refractivity contribution is 7.98. The van der Waals surface area contributed by atoms with Gasteiger partial charge in [-0.2, -0.15) is 0 Å². The molecule has 0 spiro atoms. The third-order valence-corrected chi connectivity index (χ3v) is 4.61. The van der Waals surface area contributed by atoms with Crippen molar-refractivity contribution in [1.82, 2.24) is 0 Å². The molecule has 6 heteroatoms. The van der Waals surface area contributed by atoms with Crippen LogP contribution in [0, 0.1) is 22.0 Å². The summed E-state index contributed by atoms with van der Waals surface area (Å²) >= 11 is 3.22. The molecule has 0 aliphatic carbocycles. The minimum absolute atomic E-state index is 0.0972. The molecule has 4 nitrogen and oxygen atoms in total. The Morgan fingerprint density at radius 2 is 2.05 bits per heavy atom. The predicted molar refractivity (Wildman–Crippen MR) is 80.9 cm³/mol. The van der Waals surface area contributed by atoms with E-state index in [2.05, 4.69) is 11.8 Å². The molecule has 0 saturated carbocycles. The topological polar surface area (TPSA) is 63.4 Å². The number of aliphatic hydroxyl groups is 1. The molecular formula is C14H11NO3S2. The maximum Gasteiger partial charge on any atom is 0.269 e. The number of nitro benzene ring substituents is 1. The molecule has 0 amide bonds. The molecule has 0 fully saturated rings. The molecule has 0 aliphatic heterocycles. The van der Waals surface area contributed by atoms with E-state index in [1.54, 1.807) is 35.2 Å². The summed E-state index contributed by atoms with van der Waals surface area (Å²) < 4.78 is 0. The van der Waals surface area contributed by atoms with Crippen LogP contribution < -0.4 is 0 Å². The first-order chi connectivity index (χ1) is 9.70. The number of nitro groups is 1. The van der Waals surface area contributed by atoms with Crippen molar-refractivity contribution in [1.29, 1.82) is 0 Å². The van der Waals surface area contributed by atoms with E-state index in [0.717, 1.165) is 21.1 Å². The molecule has 2 rings (SSSR count). The first-order valence-corrected chi connectivity index (χ1v) is 7.60. The Kier molecular flexibility index (Phi) is 5.18. The number of thiophene rings is 1. The van der Waals surface area contributed by atoms with E-state index in [0.29, 0.717) is 0 Å². The van der Waals surface area contributed by atoms with Gasteiger partial charge in [-0.05, 0) is 23.6 Å². The Labute approximate surface area is 124 Å². The van der Waals surface area contributed by atoms with Crippen LogP contribution in [-0.4, -0.2) is 16.6 Å². The van der Waals surface area contributed by atoms with Gasteiger partial charge in [-0.1, -0.05) is 11.8 Å². The predicted octanol–water partition coefficient (Wildman–Crippen LogP) is 3.29. The van der Waals surface area contributed by atoms with E-state index in [1.165, 1.54) is 12.1 Å². The van der Waals surface area contributed by atoms with Gasteiger partial charge in [-0.3, -0.25) is 10.1 Å². The highest BCUT2D eigenvalue weighted by Gasteiger charge is 2.06. The minimum Gasteiger partial charge on any atom is -0.384 e. The second kappa shape index (κ2) is 7.10. The van der Waals surface area contributed by atoms with Crippen LogP contribution in [0.5, 0.6) is 0 Å². The Bertz CT molecular complexity index is 653. The second-order valence-electron chi connectivity index (χ2n) is 3.76. The van der Waals surface area contributed by atoms with E-state index >= 15 is 0 Å². The lowest BCUT2D eigenvalue weighted by atomic mass is 10.3. The van der Waals surface area contributed by atoms with Crippen molar-refractivity contribution in [2.75, 3.05) is 6.61 Å². The number of aliphatic hydroxyl groups excluding tert-OH is 1. The third kappa shape index (κ3) is 3.84. The fourth-order valence-corrected chi connectivity index (χ4v) is 3.36. The molecule has 0 bridgehead atoms. The molecule has 0 unspecified atom stereocenters. The van der Waals surface area contributed by atoms with Crippen molar-refractivity contribution >= 4 is 28.8 Å². The van der Waals surface area contributed by atoms with Gasteiger partial charge in [0, 0.05) is 33.2 Å². The van der Waals surface area contributed by atoms with Gasteiger partial charge in [0.25, 0.3) is 5.69 Å². The number of non-ortho nitro benzene ring substituents is 1. The van der Waals surface area contributed by atoms with Crippen LogP contribution in [0.3, 0.4) is 0 Å². The highest BCUT2D eigenvalue weighted by Crippen LogP contribution is 2.28. The van der Waals surface area contributed by atoms with Gasteiger partial charge < -0.3 is 5.11 Å². The van der Waals surface area contributed by atoms with Gasteiger partial charge in [0.05, 0.1) is 4.92 Å². The summed E-state index contributed by atoms with van der Waals surface area (Å²) in [4.78, 5) is 12.3. The molecule has 0 atom stereocenters. The maximum absolute atomic E-state index is 10.6. The first kappa shape index (κ1) is 14.6. The average molecular weight is 305 g/mol. The van der Waals surface area contributed by atoms with Crippen molar-refractivity contribution in [2.45, 2.75) is 10.6 Å². The lowest BCUT2D eigenvalue weighted by Crippen LogP contribution is -1.87. The summed E-state index contributed by atoms with van der Waals surface area (Å²) in [5.74, 6) is 6.30. The molecule has 1 N–H and O–H groups in total. The molecule has 0 radical (unpaired) electrons. The van der Waals surface area contributed by atoms with E-state index in [-0.39, 0.29) is 12.3 Å². The van der Waals surface area contributed by atoms with Gasteiger partial charge in [0.15, 0.2) is 0 Å². The summed E-state index contributed by atoms with van der Waals surface area (Å²) in [5, 5.41) is 21.2. The molecular weight excluding hydrogens is 294 g/mol. The summed E-state index contributed by atoms with van der Waals surface area (Å²) in [6.45, 7) is -0.148. The highest BCUT2D eigenvalue weighted by atomic mass is 32.2. The molecule has 0 saturated heterocycles. The first-order valence-electron chi connectivity index (χ1n) is 5.74. The number of hydrogen-bond donors (Lipinski definition) is 1. The fraction of sp³-hybridized carbons (Fsp3) is 0.143. The van der Waals surface area contributed by atoms with Crippen molar-refractivity contribution in [3.05, 3.63) is 56.3 Å². The van der Waals surface area contributed by atoms with Crippen LogP contribution in [0.1, 0.15) is 10.4 Å². The monoisotopic (exact) mass is 305 g/mol. The van der Waals surface area contributed by atoms with Crippen LogP contribution in [0.2, 0.25) is 0 Å². The van der Waals surface area contributed by atoms with Gasteiger partial charge in [-0.15, -0.1) is 23.1 Å². The number of thioether (sulfide) groups is 1. The lowest BCUT2D eigenvalue weighted by molar-refractivity contribution is -0.384. The summed E-state index contributed by atoms with van der Waals surface area (Å²) in [5.41, 5.74) is 1.03. The summed E-state index contributed by atoms with van der Waals surface area (Å²) in [7, 11) is 0. The van der Waals surface area contributed by atoms with Gasteiger partial charge in [0.1, 0.15) is 6.61 Å². The molecule has 0 aliphatic rings. The second-order valence-corrected chi connectivity index (χ2v) is 5.81. The van der Waals surface area contributed by atoms with Crippen LogP contribution in [-0.2, 0) is 5.75 Å². The van der Waals surface area contributed by atoms with Crippen LogP contribution in [0.25, 0.3) is 0 Å². The van der Waals surface area contributed by atoms with E-state index in [4.69, 9.17) is 5.11 Å². The standard InChI is InChI=1S/C14H11NO3S2/c16-8-1-2-11-7-9-19-14(11)10-20-13-5-3-12(4-6-13)15(17)18/h3-7,9,16H,8,10H2. The minimum atomic E-state index is -0.406. The van der Waals surface area contributed by atoms with Crippen LogP contribution in [0.4, 0.5) is 5.69 Å². The fourth-order valence-electron chi connectivity index (χ4n) is 1.51. The smallest absolute Gasteiger partial charge is 0.269 e. The number of rotatable bonds is 4. The molecule has 1 aromatic carbocycles. The zero-order valence-electron chi connectivity index (χ0n) is 10.4. The lowest BCUT2D eigenvalue weighted by Gasteiger charge is -2.00. The zero-order chi connectivity index (χ0) is 14.4. The zero-order valence-corrected chi connectivity index (χ0v) is 12.0. The number of hydrogen-bond acceptors (Lipinski definition) is 5. The average Bonchev–Trinajstić information content (AvgIpc) is 2.90. The third-order valence-electron chi connectivity index (χ3n) is 2.46. The molecule has 1 heterocycles. The Morgan fingerprint density at radius 1 is 1.30 bits per heavy atom. The Balaban J connectivity index is 2.02. The van der Waals surface area contributed by atoms with Crippen LogP contribution in [0.15, 0.2) is 40.6 Å². The summed E-state index contributed by atoms with van der Waals surface area (Å²) in [6.07, 6.45) is 0. The van der Waals surface area contributed by atoms with E-state index < -0.39 is 4.92 Å². The molecule has 1 aromatic heterocycles. The van der Waals surface area contributed by atoms with Crippen molar-refractivity contribution in [3.8, 4) is 11.8 Å². The normalized spacial score (nSPS) is 9.85. The number of nitrogens with zero attached hydrogens (tertiary/aromatic N) is 1. The van der Waals surface area contributed by atoms with Crippen molar-refractivity contribution in [2.24, 2.45) is 0 Å². The largest absolute Gasteiger partial charge is 0.384 e. The SMILES string of the molecule is O=[N+]([O-])c1ccc(SCc2sccc2C#CCO)cc1. The summed E-state index contributed by atoms with van der Waals surface area (Å²) in [6, 6.07) is 8.43. The Hall–Kier alpha value is -1.81. The van der Waals surface area contributed by atoms with Crippen molar-refractivity contribution in [3.63, 3.8) is 0 Å². The Morgan fingerprint density at radius 3 is 2.70 bits per heavy atom. The van der Waals surface area contributed by atoms with Crippen molar-refractivity contribution < 1.29 is 10.0 Å². The molecule has 20 heavy (non-hydrogen) atoms. The number of benzene rings is 1. The van der Waals surface area contributed by atoms with E-state index in [9.17, 15) is 10.1 Å². The quantitative estimate of drug-likeness (QED) is 0.407.